The molecule has 1 N–H and O–H groups in total. The normalized spacial score (nSPS) is 11.2. The van der Waals surface area contributed by atoms with Crippen LogP contribution in [0.3, 0.4) is 0 Å². The molecular weight excluding hydrogens is 276 g/mol. The molecule has 0 saturated carbocycles. The van der Waals surface area contributed by atoms with Crippen molar-refractivity contribution in [2.24, 2.45) is 0 Å². The number of esters is 1. The average Bonchev–Trinajstić information content (AvgIpc) is 2.98. The summed E-state index contributed by atoms with van der Waals surface area (Å²) >= 11 is 1.37. The van der Waals surface area contributed by atoms with E-state index in [0.717, 1.165) is 0 Å². The van der Waals surface area contributed by atoms with E-state index in [2.05, 4.69) is 4.74 Å². The molecule has 0 aliphatic carbocycles. The zero-order chi connectivity index (χ0) is 14.5. The first-order valence-electron chi connectivity index (χ1n) is 5.79. The van der Waals surface area contributed by atoms with E-state index in [1.54, 1.807) is 42.5 Å². The minimum atomic E-state index is -0.982. The molecule has 0 aliphatic rings. The lowest BCUT2D eigenvalue weighted by Crippen LogP contribution is -2.01. The number of hydrogen-bond donors (Lipinski definition) is 1. The van der Waals surface area contributed by atoms with E-state index in [0.29, 0.717) is 16.0 Å². The summed E-state index contributed by atoms with van der Waals surface area (Å²) in [5.41, 5.74) is 1.37. The molecule has 5 heteroatoms. The van der Waals surface area contributed by atoms with Crippen LogP contribution in [0.5, 0.6) is 0 Å². The van der Waals surface area contributed by atoms with Crippen LogP contribution in [-0.2, 0) is 9.53 Å². The van der Waals surface area contributed by atoms with Gasteiger partial charge in [0.25, 0.3) is 0 Å². The molecule has 2 rings (SSSR count). The van der Waals surface area contributed by atoms with Gasteiger partial charge in [0, 0.05) is 4.88 Å². The molecule has 1 aromatic carbocycles. The molecule has 0 fully saturated rings. The van der Waals surface area contributed by atoms with Crippen LogP contribution in [0.4, 0.5) is 0 Å². The summed E-state index contributed by atoms with van der Waals surface area (Å²) in [5.74, 6) is -1.40. The van der Waals surface area contributed by atoms with Crippen molar-refractivity contribution >= 4 is 34.9 Å². The smallest absolute Gasteiger partial charge is 0.337 e. The quantitative estimate of drug-likeness (QED) is 0.693. The van der Waals surface area contributed by atoms with Gasteiger partial charge in [-0.15, -0.1) is 11.3 Å². The first-order chi connectivity index (χ1) is 9.61. The van der Waals surface area contributed by atoms with Crippen molar-refractivity contribution in [3.8, 4) is 0 Å². The van der Waals surface area contributed by atoms with Crippen molar-refractivity contribution in [1.29, 1.82) is 0 Å². The van der Waals surface area contributed by atoms with Crippen LogP contribution in [0.25, 0.3) is 11.6 Å². The maximum absolute atomic E-state index is 11.3. The Morgan fingerprint density at radius 2 is 1.90 bits per heavy atom. The van der Waals surface area contributed by atoms with Crippen LogP contribution in [0, 0.1) is 0 Å². The Labute approximate surface area is 119 Å². The van der Waals surface area contributed by atoms with Gasteiger partial charge in [0.15, 0.2) is 0 Å². The number of thiophene rings is 1. The van der Waals surface area contributed by atoms with Gasteiger partial charge in [-0.1, -0.05) is 18.2 Å². The predicted molar refractivity (Wildman–Crippen MR) is 77.6 cm³/mol. The third-order valence-corrected chi connectivity index (χ3v) is 3.56. The maximum Gasteiger partial charge on any atom is 0.337 e. The van der Waals surface area contributed by atoms with Crippen LogP contribution < -0.4 is 0 Å². The monoisotopic (exact) mass is 288 g/mol. The summed E-state index contributed by atoms with van der Waals surface area (Å²) in [7, 11) is 1.31. The lowest BCUT2D eigenvalue weighted by Gasteiger charge is -2.02. The minimum absolute atomic E-state index is 0.228. The fourth-order valence-electron chi connectivity index (χ4n) is 1.67. The second-order valence-corrected chi connectivity index (χ2v) is 4.90. The lowest BCUT2D eigenvalue weighted by atomic mass is 10.1. The molecular formula is C15H12O4S. The van der Waals surface area contributed by atoms with Crippen molar-refractivity contribution in [1.82, 2.24) is 0 Å². The molecule has 0 unspecified atom stereocenters. The molecule has 0 aliphatic heterocycles. The molecule has 0 amide bonds. The number of rotatable bonds is 4. The van der Waals surface area contributed by atoms with Crippen molar-refractivity contribution in [2.45, 2.75) is 0 Å². The molecule has 1 aromatic heterocycles. The van der Waals surface area contributed by atoms with E-state index in [-0.39, 0.29) is 5.57 Å². The number of methoxy groups -OCH3 is 1. The Bertz CT molecular complexity index is 639. The Kier molecular flexibility index (Phi) is 4.32. The van der Waals surface area contributed by atoms with Gasteiger partial charge < -0.3 is 9.84 Å². The molecule has 1 heterocycles. The lowest BCUT2D eigenvalue weighted by molar-refractivity contribution is -0.130. The Hall–Kier alpha value is -2.40. The Morgan fingerprint density at radius 3 is 2.40 bits per heavy atom. The summed E-state index contributed by atoms with van der Waals surface area (Å²) in [5, 5.41) is 11.1. The van der Waals surface area contributed by atoms with E-state index in [9.17, 15) is 14.7 Å². The topological polar surface area (TPSA) is 63.6 Å². The predicted octanol–water partition coefficient (Wildman–Crippen LogP) is 3.16. The largest absolute Gasteiger partial charge is 0.478 e. The fraction of sp³-hybridized carbons (Fsp3) is 0.0667. The third kappa shape index (κ3) is 3.13. The molecule has 0 bridgehead atoms. The van der Waals surface area contributed by atoms with Gasteiger partial charge in [-0.05, 0) is 35.2 Å². The highest BCUT2D eigenvalue weighted by Crippen LogP contribution is 2.23. The van der Waals surface area contributed by atoms with E-state index in [1.807, 2.05) is 5.38 Å². The van der Waals surface area contributed by atoms with Crippen LogP contribution >= 0.6 is 11.3 Å². The summed E-state index contributed by atoms with van der Waals surface area (Å²) in [4.78, 5) is 23.3. The van der Waals surface area contributed by atoms with Gasteiger partial charge in [-0.3, -0.25) is 0 Å². The van der Waals surface area contributed by atoms with Crippen LogP contribution in [0.2, 0.25) is 0 Å². The molecule has 20 heavy (non-hydrogen) atoms. The number of hydrogen-bond acceptors (Lipinski definition) is 4. The number of aliphatic carboxylic acids is 1. The maximum atomic E-state index is 11.3. The van der Waals surface area contributed by atoms with Crippen LogP contribution in [0.15, 0.2) is 41.8 Å². The fourth-order valence-corrected chi connectivity index (χ4v) is 2.40. The number of benzene rings is 1. The first kappa shape index (κ1) is 14.0. The molecule has 0 spiro atoms. The Balaban J connectivity index is 2.33. The van der Waals surface area contributed by atoms with Gasteiger partial charge in [0.2, 0.25) is 0 Å². The highest BCUT2D eigenvalue weighted by atomic mass is 32.1. The molecule has 0 radical (unpaired) electrons. The average molecular weight is 288 g/mol. The third-order valence-electron chi connectivity index (χ3n) is 2.66. The zero-order valence-corrected chi connectivity index (χ0v) is 11.5. The van der Waals surface area contributed by atoms with Gasteiger partial charge in [0.1, 0.15) is 0 Å². The van der Waals surface area contributed by atoms with Gasteiger partial charge in [-0.25, -0.2) is 9.59 Å². The summed E-state index contributed by atoms with van der Waals surface area (Å²) in [6, 6.07) is 10.1. The molecule has 0 saturated heterocycles. The number of carbonyl (C=O) groups excluding carboxylic acids is 1. The number of ether oxygens (including phenoxy) is 1. The molecule has 4 nitrogen and oxygen atoms in total. The summed E-state index contributed by atoms with van der Waals surface area (Å²) < 4.78 is 4.61. The van der Waals surface area contributed by atoms with Crippen molar-refractivity contribution in [2.75, 3.05) is 7.11 Å². The highest BCUT2D eigenvalue weighted by molar-refractivity contribution is 7.11. The summed E-state index contributed by atoms with van der Waals surface area (Å²) in [6.45, 7) is 0. The molecule has 102 valence electrons. The van der Waals surface area contributed by atoms with E-state index in [4.69, 9.17) is 0 Å². The second-order valence-electron chi connectivity index (χ2n) is 3.95. The highest BCUT2D eigenvalue weighted by Gasteiger charge is 2.11. The number of carbonyl (C=O) groups is 2. The van der Waals surface area contributed by atoms with Gasteiger partial charge in [0.05, 0.1) is 18.2 Å². The van der Waals surface area contributed by atoms with Crippen LogP contribution in [0.1, 0.15) is 20.8 Å². The van der Waals surface area contributed by atoms with E-state index < -0.39 is 11.9 Å². The molecule has 2 aromatic rings. The van der Waals surface area contributed by atoms with Crippen molar-refractivity contribution in [3.63, 3.8) is 0 Å². The zero-order valence-electron chi connectivity index (χ0n) is 10.7. The SMILES string of the molecule is COC(=O)c1ccc(/C=C(\C(=O)O)c2cccs2)cc1. The Morgan fingerprint density at radius 1 is 1.20 bits per heavy atom. The number of carboxylic acid groups (broad SMARTS) is 1. The van der Waals surface area contributed by atoms with Crippen molar-refractivity contribution in [3.05, 3.63) is 57.8 Å². The van der Waals surface area contributed by atoms with E-state index >= 15 is 0 Å². The molecule has 0 atom stereocenters. The first-order valence-corrected chi connectivity index (χ1v) is 6.67. The number of carboxylic acids is 1. The van der Waals surface area contributed by atoms with E-state index in [1.165, 1.54) is 18.4 Å². The van der Waals surface area contributed by atoms with Gasteiger partial charge >= 0.3 is 11.9 Å². The standard InChI is InChI=1S/C15H12O4S/c1-19-15(18)11-6-4-10(5-7-11)9-12(14(16)17)13-3-2-8-20-13/h2-9H,1H3,(H,16,17)/b12-9-. The second kappa shape index (κ2) is 6.16. The minimum Gasteiger partial charge on any atom is -0.478 e. The van der Waals surface area contributed by atoms with Crippen molar-refractivity contribution < 1.29 is 19.4 Å². The van der Waals surface area contributed by atoms with Crippen LogP contribution in [-0.4, -0.2) is 24.2 Å². The van der Waals surface area contributed by atoms with Gasteiger partial charge in [-0.2, -0.15) is 0 Å². The summed E-state index contributed by atoms with van der Waals surface area (Å²) in [6.07, 6.45) is 1.58.